The SMILES string of the molecule is C=CC(C)(CNCC)Cc1ccc(F)cc1C. The number of halogens is 1. The van der Waals surface area contributed by atoms with E-state index in [1.54, 1.807) is 6.07 Å². The molecule has 0 spiro atoms. The number of hydrogen-bond donors (Lipinski definition) is 1. The van der Waals surface area contributed by atoms with Crippen LogP contribution in [-0.4, -0.2) is 13.1 Å². The molecule has 1 nitrogen and oxygen atoms in total. The van der Waals surface area contributed by atoms with Gasteiger partial charge in [-0.3, -0.25) is 0 Å². The van der Waals surface area contributed by atoms with Crippen molar-refractivity contribution in [2.75, 3.05) is 13.1 Å². The molecule has 0 heterocycles. The Bertz CT molecular complexity index is 387. The zero-order chi connectivity index (χ0) is 12.9. The van der Waals surface area contributed by atoms with Crippen LogP contribution in [0.2, 0.25) is 0 Å². The molecular formula is C15H22FN. The molecule has 17 heavy (non-hydrogen) atoms. The van der Waals surface area contributed by atoms with Gasteiger partial charge in [0.1, 0.15) is 5.82 Å². The smallest absolute Gasteiger partial charge is 0.123 e. The van der Waals surface area contributed by atoms with Gasteiger partial charge in [0.15, 0.2) is 0 Å². The van der Waals surface area contributed by atoms with E-state index in [-0.39, 0.29) is 11.2 Å². The van der Waals surface area contributed by atoms with E-state index in [1.165, 1.54) is 11.6 Å². The highest BCUT2D eigenvalue weighted by Gasteiger charge is 2.21. The third-order valence-corrected chi connectivity index (χ3v) is 3.17. The molecule has 0 aliphatic carbocycles. The predicted octanol–water partition coefficient (Wildman–Crippen LogP) is 3.48. The van der Waals surface area contributed by atoms with Crippen molar-refractivity contribution in [1.29, 1.82) is 0 Å². The molecule has 0 saturated heterocycles. The van der Waals surface area contributed by atoms with Gasteiger partial charge in [0.05, 0.1) is 0 Å². The van der Waals surface area contributed by atoms with Crippen LogP contribution in [-0.2, 0) is 6.42 Å². The first kappa shape index (κ1) is 13.9. The predicted molar refractivity (Wildman–Crippen MR) is 71.7 cm³/mol. The second-order valence-electron chi connectivity index (χ2n) is 4.89. The fourth-order valence-electron chi connectivity index (χ4n) is 1.91. The standard InChI is InChI=1S/C15H22FN/c1-5-15(4,11-17-6-2)10-13-7-8-14(16)9-12(13)3/h5,7-9,17H,1,6,10-11H2,2-4H3. The van der Waals surface area contributed by atoms with Gasteiger partial charge in [-0.05, 0) is 43.1 Å². The van der Waals surface area contributed by atoms with Gasteiger partial charge in [0.25, 0.3) is 0 Å². The Morgan fingerprint density at radius 2 is 2.18 bits per heavy atom. The van der Waals surface area contributed by atoms with Gasteiger partial charge < -0.3 is 5.32 Å². The van der Waals surface area contributed by atoms with Crippen LogP contribution in [0.3, 0.4) is 0 Å². The summed E-state index contributed by atoms with van der Waals surface area (Å²) in [5.74, 6) is -0.168. The van der Waals surface area contributed by atoms with E-state index in [9.17, 15) is 4.39 Å². The van der Waals surface area contributed by atoms with Crippen molar-refractivity contribution >= 4 is 0 Å². The number of aryl methyl sites for hydroxylation is 1. The highest BCUT2D eigenvalue weighted by molar-refractivity contribution is 5.28. The van der Waals surface area contributed by atoms with E-state index in [4.69, 9.17) is 0 Å². The Morgan fingerprint density at radius 1 is 1.47 bits per heavy atom. The molecule has 1 unspecified atom stereocenters. The van der Waals surface area contributed by atoms with Crippen molar-refractivity contribution in [3.63, 3.8) is 0 Å². The van der Waals surface area contributed by atoms with E-state index in [1.807, 2.05) is 19.1 Å². The zero-order valence-electron chi connectivity index (χ0n) is 11.0. The molecule has 1 aromatic carbocycles. The minimum atomic E-state index is -0.168. The van der Waals surface area contributed by atoms with Crippen LogP contribution in [0.15, 0.2) is 30.9 Å². The summed E-state index contributed by atoms with van der Waals surface area (Å²) in [7, 11) is 0. The molecule has 1 rings (SSSR count). The Balaban J connectivity index is 2.83. The van der Waals surface area contributed by atoms with E-state index < -0.39 is 0 Å². The van der Waals surface area contributed by atoms with Crippen LogP contribution in [0.25, 0.3) is 0 Å². The van der Waals surface area contributed by atoms with E-state index >= 15 is 0 Å². The molecule has 0 radical (unpaired) electrons. The second-order valence-corrected chi connectivity index (χ2v) is 4.89. The van der Waals surface area contributed by atoms with Crippen molar-refractivity contribution in [2.45, 2.75) is 27.2 Å². The fourth-order valence-corrected chi connectivity index (χ4v) is 1.91. The monoisotopic (exact) mass is 235 g/mol. The topological polar surface area (TPSA) is 12.0 Å². The molecule has 1 aromatic rings. The van der Waals surface area contributed by atoms with E-state index in [0.29, 0.717) is 0 Å². The molecule has 94 valence electrons. The van der Waals surface area contributed by atoms with Gasteiger partial charge in [-0.25, -0.2) is 4.39 Å². The quantitative estimate of drug-likeness (QED) is 0.744. The van der Waals surface area contributed by atoms with Crippen molar-refractivity contribution < 1.29 is 4.39 Å². The van der Waals surface area contributed by atoms with Crippen LogP contribution in [0.4, 0.5) is 4.39 Å². The first-order chi connectivity index (χ1) is 8.00. The van der Waals surface area contributed by atoms with Crippen molar-refractivity contribution in [3.8, 4) is 0 Å². The average molecular weight is 235 g/mol. The highest BCUT2D eigenvalue weighted by atomic mass is 19.1. The highest BCUT2D eigenvalue weighted by Crippen LogP contribution is 2.25. The fraction of sp³-hybridized carbons (Fsp3) is 0.467. The summed E-state index contributed by atoms with van der Waals surface area (Å²) < 4.78 is 13.0. The number of hydrogen-bond acceptors (Lipinski definition) is 1. The summed E-state index contributed by atoms with van der Waals surface area (Å²) >= 11 is 0. The van der Waals surface area contributed by atoms with Gasteiger partial charge >= 0.3 is 0 Å². The third kappa shape index (κ3) is 3.97. The lowest BCUT2D eigenvalue weighted by Gasteiger charge is -2.27. The van der Waals surface area contributed by atoms with E-state index in [2.05, 4.69) is 25.7 Å². The van der Waals surface area contributed by atoms with Crippen LogP contribution in [0.5, 0.6) is 0 Å². The summed E-state index contributed by atoms with van der Waals surface area (Å²) in [6.07, 6.45) is 2.87. The van der Waals surface area contributed by atoms with Crippen LogP contribution in [0, 0.1) is 18.2 Å². The number of rotatable bonds is 6. The first-order valence-electron chi connectivity index (χ1n) is 6.10. The summed E-state index contributed by atoms with van der Waals surface area (Å²) in [4.78, 5) is 0. The Hall–Kier alpha value is -1.15. The summed E-state index contributed by atoms with van der Waals surface area (Å²) in [6.45, 7) is 12.0. The molecule has 0 bridgehead atoms. The van der Waals surface area contributed by atoms with Crippen LogP contribution < -0.4 is 5.32 Å². The van der Waals surface area contributed by atoms with Crippen molar-refractivity contribution in [2.24, 2.45) is 5.41 Å². The third-order valence-electron chi connectivity index (χ3n) is 3.17. The minimum Gasteiger partial charge on any atom is -0.316 e. The maximum absolute atomic E-state index is 13.0. The molecular weight excluding hydrogens is 213 g/mol. The maximum atomic E-state index is 13.0. The van der Waals surface area contributed by atoms with Crippen molar-refractivity contribution in [3.05, 3.63) is 47.8 Å². The molecule has 0 aliphatic rings. The second kappa shape index (κ2) is 5.97. The van der Waals surface area contributed by atoms with E-state index in [0.717, 1.165) is 25.1 Å². The minimum absolute atomic E-state index is 0.0125. The van der Waals surface area contributed by atoms with Gasteiger partial charge in [0.2, 0.25) is 0 Å². The lowest BCUT2D eigenvalue weighted by atomic mass is 9.82. The average Bonchev–Trinajstić information content (AvgIpc) is 2.30. The van der Waals surface area contributed by atoms with Gasteiger partial charge in [0, 0.05) is 12.0 Å². The normalized spacial score (nSPS) is 14.4. The molecule has 0 aromatic heterocycles. The lowest BCUT2D eigenvalue weighted by molar-refractivity contribution is 0.395. The maximum Gasteiger partial charge on any atom is 0.123 e. The van der Waals surface area contributed by atoms with Gasteiger partial charge in [-0.1, -0.05) is 26.0 Å². The number of benzene rings is 1. The number of nitrogens with one attached hydrogen (secondary N) is 1. The zero-order valence-corrected chi connectivity index (χ0v) is 11.0. The van der Waals surface area contributed by atoms with Crippen LogP contribution in [0.1, 0.15) is 25.0 Å². The summed E-state index contributed by atoms with van der Waals surface area (Å²) in [5.41, 5.74) is 2.21. The Kier molecular flexibility index (Phi) is 4.88. The molecule has 0 aliphatic heterocycles. The Morgan fingerprint density at radius 3 is 2.71 bits per heavy atom. The summed E-state index contributed by atoms with van der Waals surface area (Å²) in [6, 6.07) is 4.99. The van der Waals surface area contributed by atoms with Crippen molar-refractivity contribution in [1.82, 2.24) is 5.32 Å². The largest absolute Gasteiger partial charge is 0.316 e. The lowest BCUT2D eigenvalue weighted by Crippen LogP contribution is -2.32. The molecule has 0 saturated carbocycles. The van der Waals surface area contributed by atoms with Crippen LogP contribution >= 0.6 is 0 Å². The van der Waals surface area contributed by atoms with Gasteiger partial charge in [-0.2, -0.15) is 0 Å². The molecule has 1 N–H and O–H groups in total. The molecule has 2 heteroatoms. The molecule has 0 amide bonds. The molecule has 0 fully saturated rings. The summed E-state index contributed by atoms with van der Waals surface area (Å²) in [5, 5.41) is 3.35. The molecule has 1 atom stereocenters. The Labute approximate surface area is 104 Å². The van der Waals surface area contributed by atoms with Gasteiger partial charge in [-0.15, -0.1) is 6.58 Å². The first-order valence-corrected chi connectivity index (χ1v) is 6.10.